The first-order chi connectivity index (χ1) is 9.29. The highest BCUT2D eigenvalue weighted by Gasteiger charge is 2.23. The lowest BCUT2D eigenvalue weighted by atomic mass is 10.1. The average Bonchev–Trinajstić information content (AvgIpc) is 2.84. The molecule has 106 valence electrons. The van der Waals surface area contributed by atoms with Gasteiger partial charge in [0.05, 0.1) is 12.5 Å². The van der Waals surface area contributed by atoms with Crippen molar-refractivity contribution in [3.63, 3.8) is 0 Å². The summed E-state index contributed by atoms with van der Waals surface area (Å²) in [7, 11) is 0. The van der Waals surface area contributed by atoms with E-state index < -0.39 is 0 Å². The Morgan fingerprint density at radius 3 is 2.37 bits per heavy atom. The molecule has 1 unspecified atom stereocenters. The van der Waals surface area contributed by atoms with Crippen LogP contribution >= 0.6 is 0 Å². The molecule has 1 aliphatic heterocycles. The molecule has 4 heteroatoms. The summed E-state index contributed by atoms with van der Waals surface area (Å²) in [5.41, 5.74) is 0. The second-order valence-corrected chi connectivity index (χ2v) is 5.83. The van der Waals surface area contributed by atoms with Crippen LogP contribution in [0.3, 0.4) is 0 Å². The SMILES string of the molecule is N#CC(CC(=O)N1CCCC1)NC1CCCCCC1. The maximum atomic E-state index is 12.1. The molecule has 2 rings (SSSR count). The molecule has 0 radical (unpaired) electrons. The van der Waals surface area contributed by atoms with E-state index in [2.05, 4.69) is 11.4 Å². The Morgan fingerprint density at radius 2 is 1.79 bits per heavy atom. The average molecular weight is 263 g/mol. The third-order valence-electron chi connectivity index (χ3n) is 4.29. The molecule has 0 spiro atoms. The van der Waals surface area contributed by atoms with E-state index in [0.717, 1.165) is 38.8 Å². The number of carbonyl (C=O) groups excluding carboxylic acids is 1. The molecule has 0 aromatic heterocycles. The molecular formula is C15H25N3O. The van der Waals surface area contributed by atoms with Gasteiger partial charge in [-0.05, 0) is 25.7 Å². The minimum atomic E-state index is -0.309. The molecule has 2 aliphatic rings. The van der Waals surface area contributed by atoms with Crippen molar-refractivity contribution in [1.29, 1.82) is 5.26 Å². The van der Waals surface area contributed by atoms with Gasteiger partial charge >= 0.3 is 0 Å². The van der Waals surface area contributed by atoms with Gasteiger partial charge in [0.1, 0.15) is 6.04 Å². The molecule has 0 aromatic carbocycles. The molecule has 0 bridgehead atoms. The van der Waals surface area contributed by atoms with Crippen molar-refractivity contribution in [1.82, 2.24) is 10.2 Å². The monoisotopic (exact) mass is 263 g/mol. The molecular weight excluding hydrogens is 238 g/mol. The van der Waals surface area contributed by atoms with Gasteiger partial charge in [-0.1, -0.05) is 25.7 Å². The summed E-state index contributed by atoms with van der Waals surface area (Å²) in [5.74, 6) is 0.144. The van der Waals surface area contributed by atoms with E-state index in [4.69, 9.17) is 0 Å². The minimum Gasteiger partial charge on any atom is -0.343 e. The van der Waals surface area contributed by atoms with Crippen LogP contribution in [0.15, 0.2) is 0 Å². The van der Waals surface area contributed by atoms with Gasteiger partial charge in [0, 0.05) is 19.1 Å². The molecule has 1 heterocycles. The van der Waals surface area contributed by atoms with Crippen molar-refractivity contribution in [2.24, 2.45) is 0 Å². The third-order valence-corrected chi connectivity index (χ3v) is 4.29. The zero-order valence-electron chi connectivity index (χ0n) is 11.7. The summed E-state index contributed by atoms with van der Waals surface area (Å²) in [6.07, 6.45) is 9.97. The van der Waals surface area contributed by atoms with Crippen LogP contribution in [0, 0.1) is 11.3 Å². The fourth-order valence-corrected chi connectivity index (χ4v) is 3.14. The smallest absolute Gasteiger partial charge is 0.225 e. The molecule has 1 N–H and O–H groups in total. The quantitative estimate of drug-likeness (QED) is 0.791. The number of nitrogens with zero attached hydrogens (tertiary/aromatic N) is 2. The maximum Gasteiger partial charge on any atom is 0.225 e. The highest BCUT2D eigenvalue weighted by Crippen LogP contribution is 2.18. The molecule has 1 saturated heterocycles. The van der Waals surface area contributed by atoms with Gasteiger partial charge in [0.15, 0.2) is 0 Å². The van der Waals surface area contributed by atoms with Crippen LogP contribution in [0.5, 0.6) is 0 Å². The van der Waals surface area contributed by atoms with Gasteiger partial charge in [-0.25, -0.2) is 0 Å². The Hall–Kier alpha value is -1.08. The summed E-state index contributed by atoms with van der Waals surface area (Å²) < 4.78 is 0. The van der Waals surface area contributed by atoms with Crippen LogP contribution < -0.4 is 5.32 Å². The predicted octanol–water partition coefficient (Wildman–Crippen LogP) is 2.20. The fraction of sp³-hybridized carbons (Fsp3) is 0.867. The van der Waals surface area contributed by atoms with Crippen molar-refractivity contribution in [3.05, 3.63) is 0 Å². The summed E-state index contributed by atoms with van der Waals surface area (Å²) in [6, 6.07) is 2.39. The van der Waals surface area contributed by atoms with Crippen LogP contribution in [0.25, 0.3) is 0 Å². The van der Waals surface area contributed by atoms with Crippen molar-refractivity contribution >= 4 is 5.91 Å². The number of nitrogens with one attached hydrogen (secondary N) is 1. The first-order valence-corrected chi connectivity index (χ1v) is 7.73. The van der Waals surface area contributed by atoms with Gasteiger partial charge < -0.3 is 4.90 Å². The van der Waals surface area contributed by atoms with Crippen molar-refractivity contribution in [2.75, 3.05) is 13.1 Å². The lowest BCUT2D eigenvalue weighted by Gasteiger charge is -2.22. The number of hydrogen-bond donors (Lipinski definition) is 1. The second-order valence-electron chi connectivity index (χ2n) is 5.83. The fourth-order valence-electron chi connectivity index (χ4n) is 3.14. The lowest BCUT2D eigenvalue weighted by Crippen LogP contribution is -2.41. The lowest BCUT2D eigenvalue weighted by molar-refractivity contribution is -0.130. The van der Waals surface area contributed by atoms with Crippen LogP contribution in [-0.4, -0.2) is 36.0 Å². The van der Waals surface area contributed by atoms with Crippen LogP contribution in [-0.2, 0) is 4.79 Å². The minimum absolute atomic E-state index is 0.144. The largest absolute Gasteiger partial charge is 0.343 e. The van der Waals surface area contributed by atoms with Crippen LogP contribution in [0.4, 0.5) is 0 Å². The van der Waals surface area contributed by atoms with Gasteiger partial charge in [-0.2, -0.15) is 5.26 Å². The highest BCUT2D eigenvalue weighted by atomic mass is 16.2. The molecule has 19 heavy (non-hydrogen) atoms. The number of hydrogen-bond acceptors (Lipinski definition) is 3. The van der Waals surface area contributed by atoms with Gasteiger partial charge in [0.25, 0.3) is 0 Å². The molecule has 1 amide bonds. The van der Waals surface area contributed by atoms with Crippen LogP contribution in [0.1, 0.15) is 57.8 Å². The number of rotatable bonds is 4. The topological polar surface area (TPSA) is 56.1 Å². The van der Waals surface area contributed by atoms with E-state index in [1.54, 1.807) is 0 Å². The highest BCUT2D eigenvalue weighted by molar-refractivity contribution is 5.77. The zero-order valence-corrected chi connectivity index (χ0v) is 11.7. The molecule has 1 atom stereocenters. The standard InChI is InChI=1S/C15H25N3O/c16-12-14(11-15(19)18-9-5-6-10-18)17-13-7-3-1-2-4-8-13/h13-14,17H,1-11H2. The second kappa shape index (κ2) is 7.49. The van der Waals surface area contributed by atoms with Gasteiger partial charge in [-0.15, -0.1) is 0 Å². The summed E-state index contributed by atoms with van der Waals surface area (Å²) in [4.78, 5) is 14.0. The molecule has 2 fully saturated rings. The molecule has 0 aromatic rings. The molecule has 4 nitrogen and oxygen atoms in total. The Balaban J connectivity index is 1.78. The number of nitriles is 1. The van der Waals surface area contributed by atoms with E-state index in [1.807, 2.05) is 4.90 Å². The number of likely N-dealkylation sites (tertiary alicyclic amines) is 1. The van der Waals surface area contributed by atoms with E-state index in [-0.39, 0.29) is 11.9 Å². The van der Waals surface area contributed by atoms with E-state index in [0.29, 0.717) is 12.5 Å². The normalized spacial score (nSPS) is 22.8. The number of amides is 1. The molecule has 1 saturated carbocycles. The zero-order chi connectivity index (χ0) is 13.5. The van der Waals surface area contributed by atoms with E-state index in [9.17, 15) is 10.1 Å². The third kappa shape index (κ3) is 4.50. The summed E-state index contributed by atoms with van der Waals surface area (Å²) in [6.45, 7) is 1.75. The Labute approximate surface area is 116 Å². The summed E-state index contributed by atoms with van der Waals surface area (Å²) >= 11 is 0. The predicted molar refractivity (Wildman–Crippen MR) is 74.5 cm³/mol. The van der Waals surface area contributed by atoms with Crippen molar-refractivity contribution in [2.45, 2.75) is 69.9 Å². The maximum absolute atomic E-state index is 12.1. The van der Waals surface area contributed by atoms with Gasteiger partial charge in [-0.3, -0.25) is 10.1 Å². The van der Waals surface area contributed by atoms with E-state index in [1.165, 1.54) is 25.7 Å². The molecule has 1 aliphatic carbocycles. The van der Waals surface area contributed by atoms with Gasteiger partial charge in [0.2, 0.25) is 5.91 Å². The first kappa shape index (κ1) is 14.3. The van der Waals surface area contributed by atoms with E-state index >= 15 is 0 Å². The Kier molecular flexibility index (Phi) is 5.65. The van der Waals surface area contributed by atoms with Crippen molar-refractivity contribution < 1.29 is 4.79 Å². The summed E-state index contributed by atoms with van der Waals surface area (Å²) in [5, 5.41) is 12.6. The first-order valence-electron chi connectivity index (χ1n) is 7.73. The van der Waals surface area contributed by atoms with Crippen LogP contribution in [0.2, 0.25) is 0 Å². The Morgan fingerprint density at radius 1 is 1.16 bits per heavy atom. The Bertz CT molecular complexity index is 323. The van der Waals surface area contributed by atoms with Crippen molar-refractivity contribution in [3.8, 4) is 6.07 Å². The number of carbonyl (C=O) groups is 1.